The summed E-state index contributed by atoms with van der Waals surface area (Å²) in [5, 5.41) is 8.18. The maximum absolute atomic E-state index is 8.18. The monoisotopic (exact) mass is 139 g/mol. The molecule has 0 aliphatic rings. The van der Waals surface area contributed by atoms with Crippen molar-refractivity contribution in [1.82, 2.24) is 0 Å². The van der Waals surface area contributed by atoms with Crippen LogP contribution in [0.25, 0.3) is 0 Å². The van der Waals surface area contributed by atoms with Gasteiger partial charge in [0.15, 0.2) is 0 Å². The Labute approximate surface area is 61.6 Å². The lowest BCUT2D eigenvalue weighted by Crippen LogP contribution is -2.10. The molecule has 10 heavy (non-hydrogen) atoms. The van der Waals surface area contributed by atoms with E-state index in [2.05, 4.69) is 11.9 Å². The van der Waals surface area contributed by atoms with Crippen LogP contribution in [0.15, 0.2) is 4.99 Å². The van der Waals surface area contributed by atoms with Crippen LogP contribution in [-0.4, -0.2) is 12.4 Å². The number of amidine groups is 1. The highest BCUT2D eigenvalue weighted by molar-refractivity contribution is 5.82. The molecule has 0 aliphatic carbocycles. The van der Waals surface area contributed by atoms with Crippen LogP contribution < -0.4 is 5.73 Å². The van der Waals surface area contributed by atoms with E-state index in [0.717, 1.165) is 19.4 Å². The molecule has 0 atom stereocenters. The van der Waals surface area contributed by atoms with Crippen molar-refractivity contribution in [2.45, 2.75) is 26.2 Å². The first-order valence-corrected chi connectivity index (χ1v) is 3.47. The van der Waals surface area contributed by atoms with E-state index >= 15 is 0 Å². The number of nitrogens with zero attached hydrogens (tertiary/aromatic N) is 2. The summed E-state index contributed by atoms with van der Waals surface area (Å²) in [6.07, 6.45) is 2.42. The van der Waals surface area contributed by atoms with E-state index in [9.17, 15) is 0 Å². The zero-order valence-electron chi connectivity index (χ0n) is 6.30. The van der Waals surface area contributed by atoms with Crippen molar-refractivity contribution in [2.24, 2.45) is 10.7 Å². The van der Waals surface area contributed by atoms with Gasteiger partial charge in [0.2, 0.25) is 0 Å². The van der Waals surface area contributed by atoms with Gasteiger partial charge >= 0.3 is 0 Å². The Morgan fingerprint density at radius 3 is 2.90 bits per heavy atom. The molecule has 0 unspecified atom stereocenters. The minimum absolute atomic E-state index is 0.254. The summed E-state index contributed by atoms with van der Waals surface area (Å²) in [5.41, 5.74) is 5.35. The largest absolute Gasteiger partial charge is 0.387 e. The molecule has 56 valence electrons. The number of aliphatic imine (C=N–C) groups is 1. The van der Waals surface area contributed by atoms with Crippen molar-refractivity contribution < 1.29 is 0 Å². The van der Waals surface area contributed by atoms with Gasteiger partial charge in [0.25, 0.3) is 0 Å². The van der Waals surface area contributed by atoms with E-state index in [1.807, 2.05) is 6.07 Å². The van der Waals surface area contributed by atoms with Crippen molar-refractivity contribution in [3.05, 3.63) is 0 Å². The molecule has 0 saturated heterocycles. The molecule has 0 saturated carbocycles. The van der Waals surface area contributed by atoms with Gasteiger partial charge in [-0.1, -0.05) is 13.3 Å². The third-order valence-electron chi connectivity index (χ3n) is 1.09. The Morgan fingerprint density at radius 2 is 2.40 bits per heavy atom. The summed E-state index contributed by atoms with van der Waals surface area (Å²) in [6.45, 7) is 2.85. The van der Waals surface area contributed by atoms with E-state index in [1.165, 1.54) is 0 Å². The molecular formula is C7H13N3. The minimum Gasteiger partial charge on any atom is -0.387 e. The van der Waals surface area contributed by atoms with Gasteiger partial charge in [0.05, 0.1) is 12.5 Å². The number of hydrogen-bond donors (Lipinski definition) is 1. The zero-order valence-corrected chi connectivity index (χ0v) is 6.30. The van der Waals surface area contributed by atoms with Gasteiger partial charge in [0.1, 0.15) is 5.84 Å². The van der Waals surface area contributed by atoms with Crippen LogP contribution in [-0.2, 0) is 0 Å². The smallest absolute Gasteiger partial charge is 0.108 e. The molecule has 0 aromatic carbocycles. The van der Waals surface area contributed by atoms with Crippen molar-refractivity contribution in [2.75, 3.05) is 6.54 Å². The summed E-state index contributed by atoms with van der Waals surface area (Å²) < 4.78 is 0. The molecule has 0 heterocycles. The zero-order chi connectivity index (χ0) is 7.82. The molecule has 3 nitrogen and oxygen atoms in total. The Kier molecular flexibility index (Phi) is 5.45. The topological polar surface area (TPSA) is 62.2 Å². The maximum Gasteiger partial charge on any atom is 0.108 e. The standard InChI is InChI=1S/C7H13N3/c1-2-3-6-10-7(9)4-5-8/h2-4,6H2,1H3,(H2,9,10). The van der Waals surface area contributed by atoms with E-state index in [1.54, 1.807) is 0 Å². The molecular weight excluding hydrogens is 126 g/mol. The van der Waals surface area contributed by atoms with E-state index in [-0.39, 0.29) is 6.42 Å². The molecule has 0 rings (SSSR count). The molecule has 0 aromatic rings. The van der Waals surface area contributed by atoms with Crippen molar-refractivity contribution >= 4 is 5.84 Å². The minimum atomic E-state index is 0.254. The normalized spacial score (nSPS) is 11.0. The fourth-order valence-electron chi connectivity index (χ4n) is 0.518. The number of unbranched alkanes of at least 4 members (excludes halogenated alkanes) is 1. The van der Waals surface area contributed by atoms with E-state index in [4.69, 9.17) is 11.0 Å². The molecule has 2 N–H and O–H groups in total. The predicted molar refractivity (Wildman–Crippen MR) is 41.6 cm³/mol. The van der Waals surface area contributed by atoms with E-state index in [0.29, 0.717) is 5.84 Å². The van der Waals surface area contributed by atoms with Crippen LogP contribution in [0.2, 0.25) is 0 Å². The van der Waals surface area contributed by atoms with E-state index < -0.39 is 0 Å². The second kappa shape index (κ2) is 6.09. The Hall–Kier alpha value is -1.04. The fraction of sp³-hybridized carbons (Fsp3) is 0.714. The SMILES string of the molecule is CCCCN=C(N)CC#N. The van der Waals surface area contributed by atoms with Crippen LogP contribution in [0.3, 0.4) is 0 Å². The lowest BCUT2D eigenvalue weighted by Gasteiger charge is -1.92. The predicted octanol–water partition coefficient (Wildman–Crippen LogP) is 1.06. The fourth-order valence-corrected chi connectivity index (χ4v) is 0.518. The molecule has 0 fully saturated rings. The Bertz CT molecular complexity index is 143. The summed E-state index contributed by atoms with van der Waals surface area (Å²) in [4.78, 5) is 3.98. The third kappa shape index (κ3) is 5.10. The molecule has 0 spiro atoms. The highest BCUT2D eigenvalue weighted by Crippen LogP contribution is 1.87. The summed E-state index contributed by atoms with van der Waals surface area (Å²) in [7, 11) is 0. The highest BCUT2D eigenvalue weighted by Gasteiger charge is 1.87. The lowest BCUT2D eigenvalue weighted by molar-refractivity contribution is 0.806. The first-order valence-electron chi connectivity index (χ1n) is 3.47. The van der Waals surface area contributed by atoms with Crippen LogP contribution in [0, 0.1) is 11.3 Å². The number of nitriles is 1. The van der Waals surface area contributed by atoms with Crippen LogP contribution in [0.5, 0.6) is 0 Å². The average molecular weight is 139 g/mol. The molecule has 0 bridgehead atoms. The molecule has 0 aromatic heterocycles. The van der Waals surface area contributed by atoms with Crippen LogP contribution >= 0.6 is 0 Å². The van der Waals surface area contributed by atoms with Gasteiger partial charge in [-0.2, -0.15) is 5.26 Å². The first kappa shape index (κ1) is 8.96. The summed E-state index contributed by atoms with van der Waals surface area (Å²) >= 11 is 0. The average Bonchev–Trinajstić information content (AvgIpc) is 1.89. The Morgan fingerprint density at radius 1 is 1.70 bits per heavy atom. The molecule has 0 radical (unpaired) electrons. The number of nitrogens with two attached hydrogens (primary N) is 1. The van der Waals surface area contributed by atoms with Crippen LogP contribution in [0.4, 0.5) is 0 Å². The quantitative estimate of drug-likeness (QED) is 0.359. The van der Waals surface area contributed by atoms with Gasteiger partial charge in [-0.25, -0.2) is 0 Å². The van der Waals surface area contributed by atoms with Crippen molar-refractivity contribution in [3.8, 4) is 6.07 Å². The summed E-state index contributed by atoms with van der Waals surface area (Å²) in [6, 6.07) is 1.94. The third-order valence-corrected chi connectivity index (χ3v) is 1.09. The lowest BCUT2D eigenvalue weighted by atomic mass is 10.3. The second-order valence-corrected chi connectivity index (χ2v) is 2.06. The molecule has 3 heteroatoms. The Balaban J connectivity index is 3.40. The van der Waals surface area contributed by atoms with Gasteiger partial charge in [-0.15, -0.1) is 0 Å². The van der Waals surface area contributed by atoms with Gasteiger partial charge in [0, 0.05) is 6.54 Å². The number of hydrogen-bond acceptors (Lipinski definition) is 2. The van der Waals surface area contributed by atoms with Gasteiger partial charge < -0.3 is 5.73 Å². The number of rotatable bonds is 4. The molecule has 0 amide bonds. The molecule has 0 aliphatic heterocycles. The summed E-state index contributed by atoms with van der Waals surface area (Å²) in [5.74, 6) is 0.455. The van der Waals surface area contributed by atoms with Crippen molar-refractivity contribution in [3.63, 3.8) is 0 Å². The van der Waals surface area contributed by atoms with Crippen molar-refractivity contribution in [1.29, 1.82) is 5.26 Å². The maximum atomic E-state index is 8.18. The first-order chi connectivity index (χ1) is 4.81. The van der Waals surface area contributed by atoms with Gasteiger partial charge in [-0.05, 0) is 6.42 Å². The van der Waals surface area contributed by atoms with Gasteiger partial charge in [-0.3, -0.25) is 4.99 Å². The highest BCUT2D eigenvalue weighted by atomic mass is 14.8. The second-order valence-electron chi connectivity index (χ2n) is 2.06. The van der Waals surface area contributed by atoms with Crippen LogP contribution in [0.1, 0.15) is 26.2 Å².